The maximum absolute atomic E-state index is 13.6. The first-order valence-electron chi connectivity index (χ1n) is 11.7. The van der Waals surface area contributed by atoms with Gasteiger partial charge in [-0.05, 0) is 37.8 Å². The minimum atomic E-state index is -0.830. The molecule has 1 atom stereocenters. The summed E-state index contributed by atoms with van der Waals surface area (Å²) in [6.45, 7) is 7.46. The number of Topliss-reactive ketones (excluding diaryl/α,β-unsaturated/α-hetero) is 1. The van der Waals surface area contributed by atoms with Crippen molar-refractivity contribution in [2.75, 3.05) is 33.3 Å². The highest BCUT2D eigenvalue weighted by Crippen LogP contribution is 2.42. The van der Waals surface area contributed by atoms with E-state index >= 15 is 0 Å². The lowest BCUT2D eigenvalue weighted by atomic mass is 9.94. The van der Waals surface area contributed by atoms with Crippen molar-refractivity contribution in [3.8, 4) is 5.75 Å². The summed E-state index contributed by atoms with van der Waals surface area (Å²) >= 11 is 0. The molecule has 2 heterocycles. The summed E-state index contributed by atoms with van der Waals surface area (Å²) in [7, 11) is 1.53. The quantitative estimate of drug-likeness (QED) is 0.467. The molecule has 1 unspecified atom stereocenters. The molecule has 1 aliphatic rings. The number of methoxy groups -OCH3 is 1. The molecule has 3 aromatic rings. The summed E-state index contributed by atoms with van der Waals surface area (Å²) in [4.78, 5) is 29.7. The second-order valence-electron chi connectivity index (χ2n) is 8.42. The number of amides is 1. The van der Waals surface area contributed by atoms with Gasteiger partial charge in [-0.15, -0.1) is 0 Å². The smallest absolute Gasteiger partial charge is 0.239 e. The molecule has 34 heavy (non-hydrogen) atoms. The number of nitrogens with one attached hydrogen (secondary N) is 1. The van der Waals surface area contributed by atoms with E-state index in [-0.39, 0.29) is 11.3 Å². The van der Waals surface area contributed by atoms with Gasteiger partial charge in [-0.25, -0.2) is 0 Å². The van der Waals surface area contributed by atoms with Crippen molar-refractivity contribution in [1.82, 2.24) is 4.90 Å². The fourth-order valence-corrected chi connectivity index (χ4v) is 4.65. The van der Waals surface area contributed by atoms with Crippen LogP contribution in [0, 0.1) is 0 Å². The van der Waals surface area contributed by atoms with E-state index in [9.17, 15) is 14.7 Å². The number of ether oxygens (including phenoxy) is 1. The minimum absolute atomic E-state index is 0.0479. The number of quaternary nitrogens is 1. The number of rotatable bonds is 10. The maximum atomic E-state index is 13.6. The van der Waals surface area contributed by atoms with Crippen LogP contribution in [0.1, 0.15) is 42.4 Å². The van der Waals surface area contributed by atoms with E-state index in [0.29, 0.717) is 29.9 Å². The van der Waals surface area contributed by atoms with Crippen LogP contribution in [0.4, 0.5) is 0 Å². The molecule has 0 saturated heterocycles. The molecule has 0 aliphatic carbocycles. The van der Waals surface area contributed by atoms with E-state index in [1.807, 2.05) is 30.3 Å². The molecule has 7 heteroatoms. The molecule has 0 radical (unpaired) electrons. The molecule has 7 nitrogen and oxygen atoms in total. The third-order valence-electron chi connectivity index (χ3n) is 6.54. The molecule has 1 aliphatic heterocycles. The standard InChI is InChI=1S/C27H30N2O5/c1-4-28(5-2)15-10-16-29-24(19-12-7-9-14-21(19)33-3)23(26(31)27(29)32)25(30)22-17-18-11-6-8-13-20(18)34-22/h6-9,11-14,17,24,31H,4-5,10,15-16H2,1-3H3. The molecule has 1 N–H and O–H groups in total. The predicted molar refractivity (Wildman–Crippen MR) is 127 cm³/mol. The molecular weight excluding hydrogens is 432 g/mol. The van der Waals surface area contributed by atoms with Gasteiger partial charge in [0.25, 0.3) is 0 Å². The van der Waals surface area contributed by atoms with Crippen LogP contribution in [0.25, 0.3) is 11.0 Å². The number of carbonyl (C=O) groups excluding carboxylic acids is 2. The summed E-state index contributed by atoms with van der Waals surface area (Å²) in [5.74, 6) is -1.44. The first-order valence-corrected chi connectivity index (χ1v) is 11.7. The zero-order valence-electron chi connectivity index (χ0n) is 19.8. The Bertz CT molecular complexity index is 1190. The number of fused-ring (bicyclic) bond motifs is 1. The Hall–Kier alpha value is -3.58. The maximum Gasteiger partial charge on any atom is 0.239 e. The Labute approximate surface area is 199 Å². The summed E-state index contributed by atoms with van der Waals surface area (Å²) in [5.41, 5.74) is 1.07. The van der Waals surface area contributed by atoms with Gasteiger partial charge in [0.1, 0.15) is 11.3 Å². The molecule has 0 fully saturated rings. The highest BCUT2D eigenvalue weighted by molar-refractivity contribution is 6.15. The lowest BCUT2D eigenvalue weighted by molar-refractivity contribution is -0.896. The number of hydrogen-bond donors (Lipinski definition) is 1. The fourth-order valence-electron chi connectivity index (χ4n) is 4.65. The number of benzene rings is 2. The van der Waals surface area contributed by atoms with Gasteiger partial charge in [-0.1, -0.05) is 36.4 Å². The molecule has 1 aromatic heterocycles. The second kappa shape index (κ2) is 10.1. The number of para-hydroxylation sites is 2. The molecule has 2 aromatic carbocycles. The van der Waals surface area contributed by atoms with Crippen LogP contribution >= 0.6 is 0 Å². The van der Waals surface area contributed by atoms with Crippen molar-refractivity contribution in [2.24, 2.45) is 0 Å². The lowest BCUT2D eigenvalue weighted by Crippen LogP contribution is -3.11. The largest absolute Gasteiger partial charge is 0.868 e. The Morgan fingerprint density at radius 3 is 2.53 bits per heavy atom. The van der Waals surface area contributed by atoms with Gasteiger partial charge in [-0.3, -0.25) is 9.59 Å². The third-order valence-corrected chi connectivity index (χ3v) is 6.54. The van der Waals surface area contributed by atoms with Gasteiger partial charge in [-0.2, -0.15) is 0 Å². The summed E-state index contributed by atoms with van der Waals surface area (Å²) in [6.07, 6.45) is 0.716. The van der Waals surface area contributed by atoms with Crippen molar-refractivity contribution in [3.63, 3.8) is 0 Å². The van der Waals surface area contributed by atoms with Gasteiger partial charge in [0.05, 0.1) is 32.8 Å². The highest BCUT2D eigenvalue weighted by atomic mass is 16.5. The molecule has 0 bridgehead atoms. The van der Waals surface area contributed by atoms with E-state index in [1.54, 1.807) is 24.3 Å². The van der Waals surface area contributed by atoms with Crippen molar-refractivity contribution < 1.29 is 28.7 Å². The van der Waals surface area contributed by atoms with Crippen molar-refractivity contribution in [3.05, 3.63) is 77.3 Å². The average molecular weight is 463 g/mol. The molecule has 1 amide bonds. The van der Waals surface area contributed by atoms with Crippen LogP contribution in [-0.2, 0) is 4.79 Å². The molecule has 178 valence electrons. The topological polar surface area (TPSA) is 87.2 Å². The van der Waals surface area contributed by atoms with Crippen LogP contribution in [0.5, 0.6) is 5.75 Å². The SMILES string of the molecule is CC[NH+](CC)CCCN1C(=O)C([O-])=C(C(=O)c2cc3ccccc3o2)C1c1ccccc1OC. The van der Waals surface area contributed by atoms with Crippen molar-refractivity contribution in [2.45, 2.75) is 26.3 Å². The van der Waals surface area contributed by atoms with E-state index in [2.05, 4.69) is 13.8 Å². The monoisotopic (exact) mass is 462 g/mol. The Kier molecular flexibility index (Phi) is 7.03. The number of furan rings is 1. The van der Waals surface area contributed by atoms with E-state index in [1.165, 1.54) is 16.9 Å². The van der Waals surface area contributed by atoms with Gasteiger partial charge in [0.15, 0.2) is 5.76 Å². The van der Waals surface area contributed by atoms with Crippen LogP contribution < -0.4 is 14.7 Å². The number of nitrogens with zero attached hydrogens (tertiary/aromatic N) is 1. The molecule has 4 rings (SSSR count). The Morgan fingerprint density at radius 1 is 1.12 bits per heavy atom. The van der Waals surface area contributed by atoms with E-state index in [4.69, 9.17) is 9.15 Å². The summed E-state index contributed by atoms with van der Waals surface area (Å²) in [5, 5.41) is 14.0. The van der Waals surface area contributed by atoms with Gasteiger partial charge in [0.2, 0.25) is 11.7 Å². The molecular formula is C27H30N2O5. The van der Waals surface area contributed by atoms with Gasteiger partial charge in [0, 0.05) is 29.5 Å². The molecule has 0 spiro atoms. The van der Waals surface area contributed by atoms with Crippen molar-refractivity contribution in [1.29, 1.82) is 0 Å². The lowest BCUT2D eigenvalue weighted by Gasteiger charge is -2.29. The Balaban J connectivity index is 1.73. The molecule has 0 saturated carbocycles. The fraction of sp³-hybridized carbons (Fsp3) is 0.333. The van der Waals surface area contributed by atoms with Crippen molar-refractivity contribution >= 4 is 22.7 Å². The predicted octanol–water partition coefficient (Wildman–Crippen LogP) is 2.14. The first-order chi connectivity index (χ1) is 16.5. The van der Waals surface area contributed by atoms with Gasteiger partial charge >= 0.3 is 0 Å². The van der Waals surface area contributed by atoms with Crippen LogP contribution in [0.3, 0.4) is 0 Å². The number of carbonyl (C=O) groups is 2. The van der Waals surface area contributed by atoms with Crippen LogP contribution in [-0.4, -0.2) is 49.9 Å². The normalized spacial score (nSPS) is 16.2. The van der Waals surface area contributed by atoms with E-state index < -0.39 is 23.5 Å². The number of hydrogen-bond acceptors (Lipinski definition) is 5. The van der Waals surface area contributed by atoms with Crippen LogP contribution in [0.15, 0.2) is 70.3 Å². The summed E-state index contributed by atoms with van der Waals surface area (Å²) in [6, 6.07) is 15.2. The van der Waals surface area contributed by atoms with E-state index in [0.717, 1.165) is 25.0 Å². The second-order valence-corrected chi connectivity index (χ2v) is 8.42. The van der Waals surface area contributed by atoms with Gasteiger partial charge < -0.3 is 24.1 Å². The average Bonchev–Trinajstić information content (AvgIpc) is 3.41. The third kappa shape index (κ3) is 4.31. The van der Waals surface area contributed by atoms with Crippen LogP contribution in [0.2, 0.25) is 0 Å². The zero-order valence-corrected chi connectivity index (χ0v) is 19.8. The Morgan fingerprint density at radius 2 is 1.82 bits per heavy atom. The first kappa shape index (κ1) is 23.6. The number of ketones is 1. The minimum Gasteiger partial charge on any atom is -0.868 e. The zero-order chi connectivity index (χ0) is 24.2. The highest BCUT2D eigenvalue weighted by Gasteiger charge is 2.41. The summed E-state index contributed by atoms with van der Waals surface area (Å²) < 4.78 is 11.3.